The van der Waals surface area contributed by atoms with Gasteiger partial charge in [0.2, 0.25) is 0 Å². The van der Waals surface area contributed by atoms with Crippen LogP contribution in [0.4, 0.5) is 0 Å². The molecular formula is C15H30N2O. The van der Waals surface area contributed by atoms with Gasteiger partial charge in [0.15, 0.2) is 0 Å². The third-order valence-electron chi connectivity index (χ3n) is 5.08. The maximum absolute atomic E-state index is 5.47. The van der Waals surface area contributed by atoms with Crippen molar-refractivity contribution in [1.29, 1.82) is 0 Å². The van der Waals surface area contributed by atoms with Gasteiger partial charge in [-0.25, -0.2) is 0 Å². The Bertz CT molecular complexity index is 267. The van der Waals surface area contributed by atoms with E-state index in [4.69, 9.17) is 4.74 Å². The van der Waals surface area contributed by atoms with Gasteiger partial charge in [0.05, 0.1) is 6.10 Å². The van der Waals surface area contributed by atoms with Crippen molar-refractivity contribution >= 4 is 0 Å². The lowest BCUT2D eigenvalue weighted by molar-refractivity contribution is 0.0766. The number of methoxy groups -OCH3 is 1. The Morgan fingerprint density at radius 2 is 2.11 bits per heavy atom. The van der Waals surface area contributed by atoms with Crippen LogP contribution in [0.2, 0.25) is 0 Å². The second-order valence-corrected chi connectivity index (χ2v) is 6.81. The second-order valence-electron chi connectivity index (χ2n) is 6.81. The predicted octanol–water partition coefficient (Wildman–Crippen LogP) is 2.12. The van der Waals surface area contributed by atoms with E-state index in [1.807, 2.05) is 7.11 Å². The Labute approximate surface area is 112 Å². The Hall–Kier alpha value is -0.120. The van der Waals surface area contributed by atoms with Gasteiger partial charge in [-0.3, -0.25) is 0 Å². The Balaban J connectivity index is 1.91. The van der Waals surface area contributed by atoms with E-state index < -0.39 is 0 Å². The number of ether oxygens (including phenoxy) is 1. The van der Waals surface area contributed by atoms with Crippen LogP contribution in [-0.2, 0) is 4.74 Å². The van der Waals surface area contributed by atoms with Crippen molar-refractivity contribution in [3.63, 3.8) is 0 Å². The maximum Gasteiger partial charge on any atom is 0.0710 e. The molecule has 2 fully saturated rings. The van der Waals surface area contributed by atoms with Crippen molar-refractivity contribution < 1.29 is 4.74 Å². The van der Waals surface area contributed by atoms with Gasteiger partial charge >= 0.3 is 0 Å². The standard InChI is InChI=1S/C15H30N2O/c1-15(2)8-5-6-12(14(15)16-3)10-17-9-7-13(11-17)18-4/h12-14,16H,5-11H2,1-4H3. The van der Waals surface area contributed by atoms with Crippen LogP contribution >= 0.6 is 0 Å². The highest BCUT2D eigenvalue weighted by molar-refractivity contribution is 4.94. The van der Waals surface area contributed by atoms with Crippen molar-refractivity contribution in [1.82, 2.24) is 10.2 Å². The molecule has 0 aromatic heterocycles. The van der Waals surface area contributed by atoms with Crippen LogP contribution in [0.15, 0.2) is 0 Å². The maximum atomic E-state index is 5.47. The zero-order valence-corrected chi connectivity index (χ0v) is 12.5. The molecular weight excluding hydrogens is 224 g/mol. The first kappa shape index (κ1) is 14.3. The zero-order valence-electron chi connectivity index (χ0n) is 12.5. The highest BCUT2D eigenvalue weighted by atomic mass is 16.5. The summed E-state index contributed by atoms with van der Waals surface area (Å²) in [6.45, 7) is 8.43. The molecule has 3 heteroatoms. The van der Waals surface area contributed by atoms with Gasteiger partial charge in [-0.2, -0.15) is 0 Å². The van der Waals surface area contributed by atoms with E-state index in [-0.39, 0.29) is 0 Å². The minimum Gasteiger partial charge on any atom is -0.380 e. The molecule has 0 bridgehead atoms. The fourth-order valence-electron chi connectivity index (χ4n) is 4.09. The first-order valence-electron chi connectivity index (χ1n) is 7.49. The van der Waals surface area contributed by atoms with E-state index >= 15 is 0 Å². The molecule has 1 aliphatic carbocycles. The molecule has 1 heterocycles. The number of likely N-dealkylation sites (tertiary alicyclic amines) is 1. The summed E-state index contributed by atoms with van der Waals surface area (Å²) in [5.74, 6) is 0.800. The zero-order chi connectivity index (χ0) is 13.2. The molecule has 1 saturated heterocycles. The molecule has 1 N–H and O–H groups in total. The number of hydrogen-bond acceptors (Lipinski definition) is 3. The summed E-state index contributed by atoms with van der Waals surface area (Å²) in [6, 6.07) is 0.660. The minimum atomic E-state index is 0.443. The number of nitrogens with one attached hydrogen (secondary N) is 1. The average molecular weight is 254 g/mol. The van der Waals surface area contributed by atoms with Crippen molar-refractivity contribution in [2.75, 3.05) is 33.8 Å². The monoisotopic (exact) mass is 254 g/mol. The lowest BCUT2D eigenvalue weighted by Crippen LogP contribution is -2.51. The van der Waals surface area contributed by atoms with E-state index in [0.717, 1.165) is 12.5 Å². The molecule has 0 aromatic carbocycles. The smallest absolute Gasteiger partial charge is 0.0710 e. The summed E-state index contributed by atoms with van der Waals surface area (Å²) in [7, 11) is 3.97. The van der Waals surface area contributed by atoms with Crippen LogP contribution < -0.4 is 5.32 Å². The summed E-state index contributed by atoms with van der Waals surface area (Å²) in [4.78, 5) is 2.60. The van der Waals surface area contributed by atoms with Crippen molar-refractivity contribution in [2.45, 2.75) is 51.7 Å². The van der Waals surface area contributed by atoms with Crippen LogP contribution in [0.3, 0.4) is 0 Å². The molecule has 0 radical (unpaired) electrons. The molecule has 3 atom stereocenters. The summed E-state index contributed by atoms with van der Waals surface area (Å²) in [6.07, 6.45) is 5.79. The van der Waals surface area contributed by atoms with Gasteiger partial charge in [-0.15, -0.1) is 0 Å². The average Bonchev–Trinajstić information content (AvgIpc) is 2.76. The molecule has 18 heavy (non-hydrogen) atoms. The molecule has 0 amide bonds. The largest absolute Gasteiger partial charge is 0.380 e. The molecule has 106 valence electrons. The molecule has 0 aromatic rings. The van der Waals surface area contributed by atoms with Crippen molar-refractivity contribution in [3.8, 4) is 0 Å². The van der Waals surface area contributed by atoms with E-state index in [2.05, 4.69) is 31.1 Å². The first-order chi connectivity index (χ1) is 8.56. The third-order valence-corrected chi connectivity index (χ3v) is 5.08. The lowest BCUT2D eigenvalue weighted by atomic mass is 9.68. The van der Waals surface area contributed by atoms with E-state index in [9.17, 15) is 0 Å². The second kappa shape index (κ2) is 5.89. The van der Waals surface area contributed by atoms with Crippen LogP contribution in [0.5, 0.6) is 0 Å². The van der Waals surface area contributed by atoms with Crippen LogP contribution in [0.1, 0.15) is 39.5 Å². The lowest BCUT2D eigenvalue weighted by Gasteiger charge is -2.45. The van der Waals surface area contributed by atoms with Gasteiger partial charge in [-0.05, 0) is 37.6 Å². The summed E-state index contributed by atoms with van der Waals surface area (Å²) >= 11 is 0. The molecule has 1 saturated carbocycles. The Kier molecular flexibility index (Phi) is 4.68. The number of rotatable bonds is 4. The first-order valence-corrected chi connectivity index (χ1v) is 7.49. The van der Waals surface area contributed by atoms with Crippen LogP contribution in [0, 0.1) is 11.3 Å². The fraction of sp³-hybridized carbons (Fsp3) is 1.00. The topological polar surface area (TPSA) is 24.5 Å². The van der Waals surface area contributed by atoms with E-state index in [0.29, 0.717) is 17.6 Å². The Morgan fingerprint density at radius 3 is 2.72 bits per heavy atom. The number of nitrogens with zero attached hydrogens (tertiary/aromatic N) is 1. The highest BCUT2D eigenvalue weighted by Crippen LogP contribution is 2.39. The molecule has 3 nitrogen and oxygen atoms in total. The highest BCUT2D eigenvalue weighted by Gasteiger charge is 2.39. The molecule has 0 spiro atoms. The number of hydrogen-bond donors (Lipinski definition) is 1. The van der Waals surface area contributed by atoms with E-state index in [1.54, 1.807) is 0 Å². The minimum absolute atomic E-state index is 0.443. The summed E-state index contributed by atoms with van der Waals surface area (Å²) in [5, 5.41) is 3.59. The predicted molar refractivity (Wildman–Crippen MR) is 75.8 cm³/mol. The fourth-order valence-corrected chi connectivity index (χ4v) is 4.09. The van der Waals surface area contributed by atoms with E-state index in [1.165, 1.54) is 38.8 Å². The van der Waals surface area contributed by atoms with Crippen molar-refractivity contribution in [3.05, 3.63) is 0 Å². The van der Waals surface area contributed by atoms with Gasteiger partial charge in [0.25, 0.3) is 0 Å². The SMILES string of the molecule is CNC1C(CN2CCC(OC)C2)CCCC1(C)C. The summed E-state index contributed by atoms with van der Waals surface area (Å²) in [5.41, 5.74) is 0.443. The van der Waals surface area contributed by atoms with Crippen LogP contribution in [-0.4, -0.2) is 50.8 Å². The quantitative estimate of drug-likeness (QED) is 0.832. The molecule has 2 rings (SSSR count). The summed E-state index contributed by atoms with van der Waals surface area (Å²) < 4.78 is 5.47. The van der Waals surface area contributed by atoms with Gasteiger partial charge in [0.1, 0.15) is 0 Å². The Morgan fingerprint density at radius 1 is 1.33 bits per heavy atom. The molecule has 1 aliphatic heterocycles. The van der Waals surface area contributed by atoms with Crippen molar-refractivity contribution in [2.24, 2.45) is 11.3 Å². The third kappa shape index (κ3) is 3.06. The molecule has 3 unspecified atom stereocenters. The van der Waals surface area contributed by atoms with Gasteiger partial charge in [-0.1, -0.05) is 20.3 Å². The van der Waals surface area contributed by atoms with Gasteiger partial charge < -0.3 is 15.0 Å². The molecule has 2 aliphatic rings. The van der Waals surface area contributed by atoms with Crippen LogP contribution in [0.25, 0.3) is 0 Å². The van der Waals surface area contributed by atoms with Gasteiger partial charge in [0, 0.05) is 32.8 Å². The normalized spacial score (nSPS) is 37.0.